The highest BCUT2D eigenvalue weighted by Gasteiger charge is 2.11. The quantitative estimate of drug-likeness (QED) is 0.458. The van der Waals surface area contributed by atoms with Gasteiger partial charge in [0.2, 0.25) is 5.24 Å². The van der Waals surface area contributed by atoms with Crippen LogP contribution in [0, 0.1) is 0 Å². The molecule has 0 radical (unpaired) electrons. The summed E-state index contributed by atoms with van der Waals surface area (Å²) < 4.78 is 0. The summed E-state index contributed by atoms with van der Waals surface area (Å²) in [7, 11) is 0. The molecule has 1 N–H and O–H groups in total. The van der Waals surface area contributed by atoms with E-state index in [0.717, 1.165) is 0 Å². The fourth-order valence-corrected chi connectivity index (χ4v) is 0.416. The van der Waals surface area contributed by atoms with Gasteiger partial charge in [-0.05, 0) is 18.5 Å². The molecule has 0 aliphatic rings. The molecule has 9 heavy (non-hydrogen) atoms. The molecular formula is C5H7ClO3. The number of rotatable bonds is 3. The SMILES string of the molecule is CC(O)C(=O)CC(=O)Cl. The zero-order valence-corrected chi connectivity index (χ0v) is 5.68. The molecule has 1 atom stereocenters. The van der Waals surface area contributed by atoms with Crippen LogP contribution in [0.15, 0.2) is 0 Å². The lowest BCUT2D eigenvalue weighted by Gasteiger charge is -1.96. The number of ketones is 1. The van der Waals surface area contributed by atoms with Crippen LogP contribution in [0.5, 0.6) is 0 Å². The molecule has 0 aromatic carbocycles. The molecule has 0 amide bonds. The first-order chi connectivity index (χ1) is 4.04. The predicted molar refractivity (Wildman–Crippen MR) is 32.2 cm³/mol. The molecule has 0 aromatic heterocycles. The number of hydrogen-bond acceptors (Lipinski definition) is 3. The molecular weight excluding hydrogens is 144 g/mol. The van der Waals surface area contributed by atoms with E-state index in [1.54, 1.807) is 0 Å². The number of hydrogen-bond donors (Lipinski definition) is 1. The van der Waals surface area contributed by atoms with Gasteiger partial charge in [-0.3, -0.25) is 9.59 Å². The summed E-state index contributed by atoms with van der Waals surface area (Å²) in [5.74, 6) is -0.546. The van der Waals surface area contributed by atoms with Crippen molar-refractivity contribution in [1.29, 1.82) is 0 Å². The van der Waals surface area contributed by atoms with Gasteiger partial charge in [0.05, 0.1) is 6.42 Å². The Kier molecular flexibility index (Phi) is 3.42. The first kappa shape index (κ1) is 8.59. The Morgan fingerprint density at radius 1 is 1.67 bits per heavy atom. The van der Waals surface area contributed by atoms with E-state index in [1.807, 2.05) is 0 Å². The van der Waals surface area contributed by atoms with Gasteiger partial charge in [0, 0.05) is 0 Å². The fourth-order valence-electron chi connectivity index (χ4n) is 0.285. The lowest BCUT2D eigenvalue weighted by molar-refractivity contribution is -0.129. The van der Waals surface area contributed by atoms with Crippen LogP contribution in [-0.2, 0) is 9.59 Å². The summed E-state index contributed by atoms with van der Waals surface area (Å²) in [4.78, 5) is 20.4. The predicted octanol–water partition coefficient (Wildman–Crippen LogP) is 0.0918. The number of aliphatic hydroxyl groups is 1. The lowest BCUT2D eigenvalue weighted by Crippen LogP contribution is -2.17. The second kappa shape index (κ2) is 3.58. The van der Waals surface area contributed by atoms with Gasteiger partial charge in [0.1, 0.15) is 6.10 Å². The topological polar surface area (TPSA) is 54.4 Å². The molecule has 0 rings (SSSR count). The number of Topliss-reactive ketones (excluding diaryl/α,β-unsaturated/α-hetero) is 1. The minimum absolute atomic E-state index is 0.390. The van der Waals surface area contributed by atoms with Gasteiger partial charge < -0.3 is 5.11 Å². The molecule has 3 nitrogen and oxygen atoms in total. The van der Waals surface area contributed by atoms with E-state index in [4.69, 9.17) is 16.7 Å². The van der Waals surface area contributed by atoms with Crippen molar-refractivity contribution in [3.05, 3.63) is 0 Å². The van der Waals surface area contributed by atoms with Crippen LogP contribution in [-0.4, -0.2) is 22.2 Å². The zero-order valence-electron chi connectivity index (χ0n) is 4.93. The Morgan fingerprint density at radius 3 is 2.22 bits per heavy atom. The van der Waals surface area contributed by atoms with Crippen molar-refractivity contribution in [2.75, 3.05) is 0 Å². The maximum Gasteiger partial charge on any atom is 0.229 e. The van der Waals surface area contributed by atoms with Crippen molar-refractivity contribution in [3.63, 3.8) is 0 Å². The Morgan fingerprint density at radius 2 is 2.11 bits per heavy atom. The highest BCUT2D eigenvalue weighted by Crippen LogP contribution is 1.93. The smallest absolute Gasteiger partial charge is 0.229 e. The van der Waals surface area contributed by atoms with Crippen LogP contribution in [0.1, 0.15) is 13.3 Å². The van der Waals surface area contributed by atoms with Crippen molar-refractivity contribution >= 4 is 22.6 Å². The number of halogens is 1. The van der Waals surface area contributed by atoms with Crippen molar-refractivity contribution in [1.82, 2.24) is 0 Å². The van der Waals surface area contributed by atoms with Gasteiger partial charge >= 0.3 is 0 Å². The van der Waals surface area contributed by atoms with Crippen molar-refractivity contribution in [3.8, 4) is 0 Å². The molecule has 0 saturated heterocycles. The average Bonchev–Trinajstić information content (AvgIpc) is 1.63. The summed E-state index contributed by atoms with van der Waals surface area (Å²) in [6.07, 6.45) is -1.48. The van der Waals surface area contributed by atoms with E-state index in [2.05, 4.69) is 0 Å². The third-order valence-electron chi connectivity index (χ3n) is 0.779. The summed E-state index contributed by atoms with van der Waals surface area (Å²) >= 11 is 4.85. The monoisotopic (exact) mass is 150 g/mol. The second-order valence-corrected chi connectivity index (χ2v) is 2.10. The standard InChI is InChI=1S/C5H7ClO3/c1-3(7)4(8)2-5(6)9/h3,7H,2H2,1H3. The zero-order chi connectivity index (χ0) is 7.44. The summed E-state index contributed by atoms with van der Waals surface area (Å²) in [5, 5.41) is 7.77. The molecule has 0 aliphatic carbocycles. The van der Waals surface area contributed by atoms with Crippen LogP contribution in [0.2, 0.25) is 0 Å². The normalized spacial score (nSPS) is 12.8. The van der Waals surface area contributed by atoms with Crippen LogP contribution in [0.25, 0.3) is 0 Å². The largest absolute Gasteiger partial charge is 0.386 e. The van der Waals surface area contributed by atoms with Gasteiger partial charge in [-0.15, -0.1) is 0 Å². The molecule has 0 fully saturated rings. The third-order valence-corrected chi connectivity index (χ3v) is 0.913. The van der Waals surface area contributed by atoms with Crippen LogP contribution >= 0.6 is 11.6 Å². The number of aliphatic hydroxyl groups excluding tert-OH is 1. The van der Waals surface area contributed by atoms with Gasteiger partial charge in [0.25, 0.3) is 0 Å². The van der Waals surface area contributed by atoms with Crippen molar-refractivity contribution in [2.24, 2.45) is 0 Å². The molecule has 52 valence electrons. The van der Waals surface area contributed by atoms with Crippen molar-refractivity contribution < 1.29 is 14.7 Å². The minimum atomic E-state index is -1.09. The molecule has 1 unspecified atom stereocenters. The Balaban J connectivity index is 3.64. The van der Waals surface area contributed by atoms with E-state index < -0.39 is 17.1 Å². The average molecular weight is 151 g/mol. The van der Waals surface area contributed by atoms with Gasteiger partial charge in [-0.1, -0.05) is 0 Å². The molecule has 0 bridgehead atoms. The maximum absolute atomic E-state index is 10.4. The highest BCUT2D eigenvalue weighted by molar-refractivity contribution is 6.65. The molecule has 0 aromatic rings. The first-order valence-electron chi connectivity index (χ1n) is 2.43. The third kappa shape index (κ3) is 4.12. The second-order valence-electron chi connectivity index (χ2n) is 1.67. The van der Waals surface area contributed by atoms with Crippen LogP contribution in [0.4, 0.5) is 0 Å². The van der Waals surface area contributed by atoms with E-state index in [0.29, 0.717) is 0 Å². The molecule has 0 spiro atoms. The van der Waals surface area contributed by atoms with E-state index in [9.17, 15) is 9.59 Å². The van der Waals surface area contributed by atoms with E-state index >= 15 is 0 Å². The van der Waals surface area contributed by atoms with Gasteiger partial charge in [-0.25, -0.2) is 0 Å². The highest BCUT2D eigenvalue weighted by atomic mass is 35.5. The van der Waals surface area contributed by atoms with Crippen LogP contribution < -0.4 is 0 Å². The number of carbonyl (C=O) groups excluding carboxylic acids is 2. The maximum atomic E-state index is 10.4. The first-order valence-corrected chi connectivity index (χ1v) is 2.81. The Labute approximate surface area is 57.6 Å². The summed E-state index contributed by atoms with van der Waals surface area (Å²) in [6, 6.07) is 0. The Hall–Kier alpha value is -0.410. The molecule has 0 heterocycles. The fraction of sp³-hybridized carbons (Fsp3) is 0.600. The Bertz CT molecular complexity index is 130. The molecule has 0 saturated carbocycles. The van der Waals surface area contributed by atoms with Gasteiger partial charge in [-0.2, -0.15) is 0 Å². The van der Waals surface area contributed by atoms with E-state index in [1.165, 1.54) is 6.92 Å². The molecule has 0 aliphatic heterocycles. The number of carbonyl (C=O) groups is 2. The summed E-state index contributed by atoms with van der Waals surface area (Å²) in [5.41, 5.74) is 0. The molecule has 4 heteroatoms. The summed E-state index contributed by atoms with van der Waals surface area (Å²) in [6.45, 7) is 1.29. The lowest BCUT2D eigenvalue weighted by atomic mass is 10.2. The minimum Gasteiger partial charge on any atom is -0.386 e. The van der Waals surface area contributed by atoms with Crippen LogP contribution in [0.3, 0.4) is 0 Å². The van der Waals surface area contributed by atoms with E-state index in [-0.39, 0.29) is 6.42 Å². The van der Waals surface area contributed by atoms with Gasteiger partial charge in [0.15, 0.2) is 5.78 Å². The van der Waals surface area contributed by atoms with Crippen molar-refractivity contribution in [2.45, 2.75) is 19.4 Å².